The lowest BCUT2D eigenvalue weighted by atomic mass is 9.95. The highest BCUT2D eigenvalue weighted by molar-refractivity contribution is 6.30. The highest BCUT2D eigenvalue weighted by Gasteiger charge is 2.32. The molecule has 5 heteroatoms. The van der Waals surface area contributed by atoms with Gasteiger partial charge in [-0.2, -0.15) is 0 Å². The zero-order valence-corrected chi connectivity index (χ0v) is 12.9. The van der Waals surface area contributed by atoms with Gasteiger partial charge in [0.15, 0.2) is 0 Å². The van der Waals surface area contributed by atoms with Gasteiger partial charge in [-0.25, -0.2) is 0 Å². The second kappa shape index (κ2) is 5.68. The summed E-state index contributed by atoms with van der Waals surface area (Å²) in [5.74, 6) is 0.323. The molecule has 2 heterocycles. The van der Waals surface area contributed by atoms with Crippen molar-refractivity contribution in [1.29, 1.82) is 0 Å². The fourth-order valence-electron chi connectivity index (χ4n) is 3.26. The summed E-state index contributed by atoms with van der Waals surface area (Å²) < 4.78 is 0. The number of piperidine rings is 1. The SMILES string of the molecule is CC(=O)N1CCC(C(=O)N2CCc3cc(Cl)ccc32)CC1. The molecule has 2 aliphatic rings. The number of hydrogen-bond donors (Lipinski definition) is 0. The molecule has 0 aromatic heterocycles. The molecule has 112 valence electrons. The Bertz CT molecular complexity index is 580. The Balaban J connectivity index is 1.70. The van der Waals surface area contributed by atoms with Crippen LogP contribution >= 0.6 is 11.6 Å². The molecule has 4 nitrogen and oxygen atoms in total. The van der Waals surface area contributed by atoms with Gasteiger partial charge in [-0.05, 0) is 43.0 Å². The van der Waals surface area contributed by atoms with E-state index in [1.807, 2.05) is 28.0 Å². The summed E-state index contributed by atoms with van der Waals surface area (Å²) in [4.78, 5) is 27.8. The van der Waals surface area contributed by atoms with Crippen molar-refractivity contribution < 1.29 is 9.59 Å². The highest BCUT2D eigenvalue weighted by atomic mass is 35.5. The maximum Gasteiger partial charge on any atom is 0.230 e. The van der Waals surface area contributed by atoms with Crippen LogP contribution in [0.25, 0.3) is 0 Å². The molecule has 0 bridgehead atoms. The van der Waals surface area contributed by atoms with E-state index in [4.69, 9.17) is 11.6 Å². The van der Waals surface area contributed by atoms with Crippen molar-refractivity contribution in [2.24, 2.45) is 5.92 Å². The zero-order chi connectivity index (χ0) is 15.0. The number of fused-ring (bicyclic) bond motifs is 1. The number of carbonyl (C=O) groups excluding carboxylic acids is 2. The predicted octanol–water partition coefficient (Wildman–Crippen LogP) is 2.49. The van der Waals surface area contributed by atoms with Gasteiger partial charge in [-0.3, -0.25) is 9.59 Å². The Morgan fingerprint density at radius 1 is 1.19 bits per heavy atom. The molecule has 0 radical (unpaired) electrons. The van der Waals surface area contributed by atoms with Gasteiger partial charge in [0.2, 0.25) is 11.8 Å². The van der Waals surface area contributed by atoms with Crippen LogP contribution in [0.5, 0.6) is 0 Å². The lowest BCUT2D eigenvalue weighted by molar-refractivity contribution is -0.133. The molecule has 0 saturated carbocycles. The van der Waals surface area contributed by atoms with Crippen LogP contribution in [-0.4, -0.2) is 36.3 Å². The maximum absolute atomic E-state index is 12.7. The number of anilines is 1. The molecule has 1 fully saturated rings. The molecule has 2 aliphatic heterocycles. The first-order valence-electron chi connectivity index (χ1n) is 7.41. The number of nitrogens with zero attached hydrogens (tertiary/aromatic N) is 2. The third-order valence-corrected chi connectivity index (χ3v) is 4.73. The Morgan fingerprint density at radius 3 is 2.57 bits per heavy atom. The van der Waals surface area contributed by atoms with E-state index in [0.717, 1.165) is 42.1 Å². The average Bonchev–Trinajstić information content (AvgIpc) is 2.89. The minimum Gasteiger partial charge on any atom is -0.343 e. The molecule has 21 heavy (non-hydrogen) atoms. The van der Waals surface area contributed by atoms with Crippen molar-refractivity contribution >= 4 is 29.1 Å². The van der Waals surface area contributed by atoms with E-state index in [1.54, 1.807) is 6.92 Å². The van der Waals surface area contributed by atoms with Crippen LogP contribution < -0.4 is 4.90 Å². The van der Waals surface area contributed by atoms with Gasteiger partial charge < -0.3 is 9.80 Å². The molecular weight excluding hydrogens is 288 g/mol. The van der Waals surface area contributed by atoms with Crippen LogP contribution in [0.3, 0.4) is 0 Å². The van der Waals surface area contributed by atoms with E-state index in [-0.39, 0.29) is 17.7 Å². The summed E-state index contributed by atoms with van der Waals surface area (Å²) in [6, 6.07) is 5.72. The molecule has 1 saturated heterocycles. The van der Waals surface area contributed by atoms with Crippen molar-refractivity contribution in [2.75, 3.05) is 24.5 Å². The van der Waals surface area contributed by atoms with Gasteiger partial charge in [-0.1, -0.05) is 11.6 Å². The van der Waals surface area contributed by atoms with Crippen molar-refractivity contribution in [2.45, 2.75) is 26.2 Å². The molecular formula is C16H19ClN2O2. The van der Waals surface area contributed by atoms with Gasteiger partial charge in [-0.15, -0.1) is 0 Å². The van der Waals surface area contributed by atoms with Crippen LogP contribution in [0.2, 0.25) is 5.02 Å². The Morgan fingerprint density at radius 2 is 1.90 bits per heavy atom. The minimum absolute atomic E-state index is 0.0298. The molecule has 0 aliphatic carbocycles. The molecule has 3 rings (SSSR count). The van der Waals surface area contributed by atoms with E-state index in [1.165, 1.54) is 0 Å². The van der Waals surface area contributed by atoms with Crippen molar-refractivity contribution in [1.82, 2.24) is 4.90 Å². The number of likely N-dealkylation sites (tertiary alicyclic amines) is 1. The lowest BCUT2D eigenvalue weighted by Crippen LogP contribution is -2.43. The first kappa shape index (κ1) is 14.4. The number of halogens is 1. The second-order valence-electron chi connectivity index (χ2n) is 5.79. The van der Waals surface area contributed by atoms with Gasteiger partial charge in [0, 0.05) is 43.2 Å². The summed E-state index contributed by atoms with van der Waals surface area (Å²) in [5.41, 5.74) is 2.15. The predicted molar refractivity (Wildman–Crippen MR) is 82.5 cm³/mol. The van der Waals surface area contributed by atoms with Crippen LogP contribution in [0, 0.1) is 5.92 Å². The number of hydrogen-bond acceptors (Lipinski definition) is 2. The maximum atomic E-state index is 12.7. The summed E-state index contributed by atoms with van der Waals surface area (Å²) >= 11 is 6.00. The number of carbonyl (C=O) groups is 2. The normalized spacial score (nSPS) is 18.8. The van der Waals surface area contributed by atoms with Crippen molar-refractivity contribution in [3.63, 3.8) is 0 Å². The van der Waals surface area contributed by atoms with E-state index in [0.29, 0.717) is 13.1 Å². The van der Waals surface area contributed by atoms with Gasteiger partial charge >= 0.3 is 0 Å². The Hall–Kier alpha value is -1.55. The molecule has 0 atom stereocenters. The van der Waals surface area contributed by atoms with Gasteiger partial charge in [0.05, 0.1) is 0 Å². The van der Waals surface area contributed by atoms with E-state index in [9.17, 15) is 9.59 Å². The van der Waals surface area contributed by atoms with E-state index < -0.39 is 0 Å². The molecule has 0 spiro atoms. The van der Waals surface area contributed by atoms with Crippen molar-refractivity contribution in [3.8, 4) is 0 Å². The van der Waals surface area contributed by atoms with E-state index in [2.05, 4.69) is 0 Å². The zero-order valence-electron chi connectivity index (χ0n) is 12.1. The molecule has 0 unspecified atom stereocenters. The Labute approximate surface area is 129 Å². The van der Waals surface area contributed by atoms with Crippen LogP contribution in [0.4, 0.5) is 5.69 Å². The Kier molecular flexibility index (Phi) is 3.89. The summed E-state index contributed by atoms with van der Waals surface area (Å²) in [7, 11) is 0. The van der Waals surface area contributed by atoms with Crippen LogP contribution in [-0.2, 0) is 16.0 Å². The third kappa shape index (κ3) is 2.77. The summed E-state index contributed by atoms with van der Waals surface area (Å²) in [6.07, 6.45) is 2.39. The van der Waals surface area contributed by atoms with E-state index >= 15 is 0 Å². The van der Waals surface area contributed by atoms with Gasteiger partial charge in [0.25, 0.3) is 0 Å². The lowest BCUT2D eigenvalue weighted by Gasteiger charge is -2.32. The standard InChI is InChI=1S/C16H19ClN2O2/c1-11(20)18-7-4-12(5-8-18)16(21)19-9-6-13-10-14(17)2-3-15(13)19/h2-3,10,12H,4-9H2,1H3. The second-order valence-corrected chi connectivity index (χ2v) is 6.23. The topological polar surface area (TPSA) is 40.6 Å². The van der Waals surface area contributed by atoms with Crippen LogP contribution in [0.15, 0.2) is 18.2 Å². The first-order valence-corrected chi connectivity index (χ1v) is 7.79. The fourth-order valence-corrected chi connectivity index (χ4v) is 3.46. The van der Waals surface area contributed by atoms with Gasteiger partial charge in [0.1, 0.15) is 0 Å². The summed E-state index contributed by atoms with van der Waals surface area (Å²) in [6.45, 7) is 3.70. The molecule has 1 aromatic carbocycles. The minimum atomic E-state index is 0.0298. The fraction of sp³-hybridized carbons (Fsp3) is 0.500. The molecule has 0 N–H and O–H groups in total. The summed E-state index contributed by atoms with van der Waals surface area (Å²) in [5, 5.41) is 0.720. The highest BCUT2D eigenvalue weighted by Crippen LogP contribution is 2.32. The molecule has 1 aromatic rings. The quantitative estimate of drug-likeness (QED) is 0.800. The van der Waals surface area contributed by atoms with Crippen molar-refractivity contribution in [3.05, 3.63) is 28.8 Å². The third-order valence-electron chi connectivity index (χ3n) is 4.49. The average molecular weight is 307 g/mol. The smallest absolute Gasteiger partial charge is 0.230 e. The molecule has 2 amide bonds. The largest absolute Gasteiger partial charge is 0.343 e. The number of rotatable bonds is 1. The van der Waals surface area contributed by atoms with Crippen LogP contribution in [0.1, 0.15) is 25.3 Å². The first-order chi connectivity index (χ1) is 10.1. The number of benzene rings is 1. The monoisotopic (exact) mass is 306 g/mol. The number of amides is 2.